The van der Waals surface area contributed by atoms with Gasteiger partial charge >= 0.3 is 0 Å². The quantitative estimate of drug-likeness (QED) is 0.497. The zero-order valence-corrected chi connectivity index (χ0v) is 19.9. The Bertz CT molecular complexity index is 1250. The lowest BCUT2D eigenvalue weighted by Gasteiger charge is -2.31. The lowest BCUT2D eigenvalue weighted by molar-refractivity contribution is 0.102. The number of aromatic nitrogens is 1. The van der Waals surface area contributed by atoms with Crippen LogP contribution in [0.5, 0.6) is 0 Å². The highest BCUT2D eigenvalue weighted by atomic mass is 35.5. The molecule has 0 bridgehead atoms. The number of hydrogen-bond acceptors (Lipinski definition) is 8. The highest BCUT2D eigenvalue weighted by molar-refractivity contribution is 7.14. The number of nitrogens with one attached hydrogen (secondary N) is 2. The standard InChI is InChI=1S/C24H24ClN7OS/c25-17-7-5-16(6-8-17)18-9-10-28-32(22(18)26)24-30-20(15-34-24)23(33)29-19-3-1-2-4-21(19)31-13-11-27-12-14-31/h1-8,10,15,27H,9,11-14,26H2,(H,29,33). The van der Waals surface area contributed by atoms with E-state index in [1.165, 1.54) is 11.3 Å². The molecule has 2 aliphatic heterocycles. The van der Waals surface area contributed by atoms with E-state index in [1.807, 2.05) is 48.5 Å². The van der Waals surface area contributed by atoms with E-state index in [9.17, 15) is 4.79 Å². The van der Waals surface area contributed by atoms with Gasteiger partial charge in [-0.3, -0.25) is 4.79 Å². The number of thiazole rings is 1. The van der Waals surface area contributed by atoms with Gasteiger partial charge < -0.3 is 21.3 Å². The second-order valence-corrected chi connectivity index (χ2v) is 9.18. The molecule has 0 saturated carbocycles. The minimum atomic E-state index is -0.272. The number of hydrazone groups is 1. The van der Waals surface area contributed by atoms with Gasteiger partial charge in [-0.15, -0.1) is 11.3 Å². The molecule has 0 aliphatic carbocycles. The van der Waals surface area contributed by atoms with Crippen molar-refractivity contribution in [3.05, 3.63) is 76.0 Å². The van der Waals surface area contributed by atoms with Crippen LogP contribution in [0.25, 0.3) is 5.57 Å². The monoisotopic (exact) mass is 493 g/mol. The Kier molecular flexibility index (Phi) is 6.48. The van der Waals surface area contributed by atoms with Gasteiger partial charge in [0.2, 0.25) is 5.13 Å². The number of halogens is 1. The molecule has 3 aromatic rings. The van der Waals surface area contributed by atoms with Gasteiger partial charge in [-0.05, 0) is 29.8 Å². The molecule has 5 rings (SSSR count). The summed E-state index contributed by atoms with van der Waals surface area (Å²) in [6, 6.07) is 15.4. The average Bonchev–Trinajstić information content (AvgIpc) is 3.36. The van der Waals surface area contributed by atoms with Crippen LogP contribution in [0.2, 0.25) is 5.02 Å². The summed E-state index contributed by atoms with van der Waals surface area (Å²) in [5, 5.41) is 15.3. The molecule has 0 atom stereocenters. The fraction of sp³-hybridized carbons (Fsp3) is 0.208. The molecule has 1 saturated heterocycles. The Morgan fingerprint density at radius 2 is 1.88 bits per heavy atom. The van der Waals surface area contributed by atoms with Crippen LogP contribution in [0.15, 0.2) is 64.8 Å². The van der Waals surface area contributed by atoms with Gasteiger partial charge in [0, 0.05) is 54.8 Å². The number of nitrogens with zero attached hydrogens (tertiary/aromatic N) is 4. The fourth-order valence-corrected chi connectivity index (χ4v) is 4.89. The fourth-order valence-electron chi connectivity index (χ4n) is 3.99. The zero-order chi connectivity index (χ0) is 23.5. The van der Waals surface area contributed by atoms with Crippen molar-refractivity contribution in [2.45, 2.75) is 6.42 Å². The first-order valence-electron chi connectivity index (χ1n) is 11.0. The van der Waals surface area contributed by atoms with Crippen molar-refractivity contribution in [3.8, 4) is 0 Å². The predicted octanol–water partition coefficient (Wildman–Crippen LogP) is 3.98. The molecule has 1 aromatic heterocycles. The van der Waals surface area contributed by atoms with Crippen LogP contribution < -0.4 is 26.3 Å². The molecule has 34 heavy (non-hydrogen) atoms. The summed E-state index contributed by atoms with van der Waals surface area (Å²) in [4.78, 5) is 19.8. The first kappa shape index (κ1) is 22.4. The van der Waals surface area contributed by atoms with Crippen LogP contribution in [0.3, 0.4) is 0 Å². The molecule has 2 aliphatic rings. The summed E-state index contributed by atoms with van der Waals surface area (Å²) in [6.45, 7) is 3.62. The lowest BCUT2D eigenvalue weighted by atomic mass is 10.0. The maximum absolute atomic E-state index is 13.0. The van der Waals surface area contributed by atoms with E-state index in [0.717, 1.165) is 48.7 Å². The van der Waals surface area contributed by atoms with Crippen molar-refractivity contribution in [3.63, 3.8) is 0 Å². The van der Waals surface area contributed by atoms with Crippen LogP contribution in [-0.4, -0.2) is 43.3 Å². The molecule has 1 amide bonds. The van der Waals surface area contributed by atoms with Crippen molar-refractivity contribution in [2.75, 3.05) is 41.4 Å². The smallest absolute Gasteiger partial charge is 0.275 e. The van der Waals surface area contributed by atoms with Crippen molar-refractivity contribution in [1.82, 2.24) is 10.3 Å². The number of rotatable bonds is 5. The molecular formula is C24H24ClN7OS. The third-order valence-corrected chi connectivity index (χ3v) is 6.81. The SMILES string of the molecule is NC1=C(c2ccc(Cl)cc2)CC=NN1c1nc(C(=O)Nc2ccccc2N2CCNCC2)cs1. The first-order chi connectivity index (χ1) is 16.6. The Morgan fingerprint density at radius 1 is 1.12 bits per heavy atom. The minimum Gasteiger partial charge on any atom is -0.383 e. The van der Waals surface area contributed by atoms with Crippen LogP contribution in [-0.2, 0) is 0 Å². The van der Waals surface area contributed by atoms with Gasteiger partial charge in [0.1, 0.15) is 11.5 Å². The van der Waals surface area contributed by atoms with Crippen molar-refractivity contribution >= 4 is 57.1 Å². The van der Waals surface area contributed by atoms with E-state index in [-0.39, 0.29) is 5.91 Å². The number of carbonyl (C=O) groups is 1. The van der Waals surface area contributed by atoms with Gasteiger partial charge in [0.15, 0.2) is 0 Å². The molecule has 4 N–H and O–H groups in total. The highest BCUT2D eigenvalue weighted by Gasteiger charge is 2.23. The maximum atomic E-state index is 13.0. The maximum Gasteiger partial charge on any atom is 0.275 e. The molecule has 174 valence electrons. The Hall–Kier alpha value is -3.40. The van der Waals surface area contributed by atoms with Gasteiger partial charge in [0.05, 0.1) is 11.4 Å². The van der Waals surface area contributed by atoms with E-state index in [4.69, 9.17) is 17.3 Å². The summed E-state index contributed by atoms with van der Waals surface area (Å²) in [6.07, 6.45) is 2.39. The van der Waals surface area contributed by atoms with E-state index in [1.54, 1.807) is 16.6 Å². The molecule has 1 fully saturated rings. The van der Waals surface area contributed by atoms with Crippen LogP contribution in [0.1, 0.15) is 22.5 Å². The molecule has 10 heteroatoms. The highest BCUT2D eigenvalue weighted by Crippen LogP contribution is 2.32. The second kappa shape index (κ2) is 9.84. The number of carbonyl (C=O) groups excluding carboxylic acids is 1. The van der Waals surface area contributed by atoms with Gasteiger partial charge in [0.25, 0.3) is 5.91 Å². The Balaban J connectivity index is 1.35. The molecule has 0 unspecified atom stereocenters. The van der Waals surface area contributed by atoms with E-state index >= 15 is 0 Å². The van der Waals surface area contributed by atoms with E-state index in [2.05, 4.69) is 25.6 Å². The molecular weight excluding hydrogens is 470 g/mol. The van der Waals surface area contributed by atoms with E-state index < -0.39 is 0 Å². The van der Waals surface area contributed by atoms with Gasteiger partial charge in [-0.1, -0.05) is 35.9 Å². The van der Waals surface area contributed by atoms with Crippen molar-refractivity contribution in [1.29, 1.82) is 0 Å². The summed E-state index contributed by atoms with van der Waals surface area (Å²) in [5.41, 5.74) is 10.4. The lowest BCUT2D eigenvalue weighted by Crippen LogP contribution is -2.43. The number of anilines is 3. The summed E-state index contributed by atoms with van der Waals surface area (Å²) >= 11 is 7.34. The number of piperazine rings is 1. The Labute approximate surface area is 206 Å². The number of benzene rings is 2. The molecule has 2 aromatic carbocycles. The second-order valence-electron chi connectivity index (χ2n) is 7.91. The number of hydrogen-bond donors (Lipinski definition) is 3. The summed E-state index contributed by atoms with van der Waals surface area (Å²) in [7, 11) is 0. The number of amides is 1. The molecule has 0 spiro atoms. The third-order valence-electron chi connectivity index (χ3n) is 5.74. The molecule has 3 heterocycles. The predicted molar refractivity (Wildman–Crippen MR) is 140 cm³/mol. The third kappa shape index (κ3) is 4.63. The normalized spacial score (nSPS) is 16.1. The first-order valence-corrected chi connectivity index (χ1v) is 12.2. The summed E-state index contributed by atoms with van der Waals surface area (Å²) < 4.78 is 0. The van der Waals surface area contributed by atoms with Gasteiger partial charge in [-0.2, -0.15) is 10.1 Å². The number of allylic oxidation sites excluding steroid dienone is 1. The molecule has 0 radical (unpaired) electrons. The topological polar surface area (TPSA) is 98.9 Å². The van der Waals surface area contributed by atoms with Crippen LogP contribution in [0, 0.1) is 0 Å². The zero-order valence-electron chi connectivity index (χ0n) is 18.4. The summed E-state index contributed by atoms with van der Waals surface area (Å²) in [5.74, 6) is 0.210. The molecule has 8 nitrogen and oxygen atoms in total. The van der Waals surface area contributed by atoms with Crippen LogP contribution >= 0.6 is 22.9 Å². The van der Waals surface area contributed by atoms with Crippen LogP contribution in [0.4, 0.5) is 16.5 Å². The number of nitrogens with two attached hydrogens (primary N) is 1. The Morgan fingerprint density at radius 3 is 2.68 bits per heavy atom. The largest absolute Gasteiger partial charge is 0.383 e. The van der Waals surface area contributed by atoms with E-state index in [0.29, 0.717) is 28.1 Å². The minimum absolute atomic E-state index is 0.272. The number of para-hydroxylation sites is 2. The van der Waals surface area contributed by atoms with Crippen molar-refractivity contribution in [2.24, 2.45) is 10.8 Å². The van der Waals surface area contributed by atoms with Gasteiger partial charge in [-0.25, -0.2) is 4.98 Å². The van der Waals surface area contributed by atoms with Crippen molar-refractivity contribution < 1.29 is 4.79 Å². The average molecular weight is 494 g/mol.